The van der Waals surface area contributed by atoms with Crippen molar-refractivity contribution >= 4 is 11.9 Å². The fourth-order valence-corrected chi connectivity index (χ4v) is 1.93. The van der Waals surface area contributed by atoms with Crippen molar-refractivity contribution in [2.75, 3.05) is 6.54 Å². The molecule has 1 amide bonds. The molecule has 0 aromatic heterocycles. The molecule has 98 valence electrons. The molecule has 2 rings (SSSR count). The van der Waals surface area contributed by atoms with Gasteiger partial charge in [-0.3, -0.25) is 4.79 Å². The minimum Gasteiger partial charge on any atom is -0.478 e. The number of aromatic carboxylic acids is 1. The number of hydrogen-bond acceptors (Lipinski definition) is 3. The Morgan fingerprint density at radius 1 is 1.26 bits per heavy atom. The Labute approximate surface area is 111 Å². The first-order chi connectivity index (χ1) is 9.13. The van der Waals surface area contributed by atoms with Crippen molar-refractivity contribution in [2.24, 2.45) is 0 Å². The number of nitrogens with zero attached hydrogens (tertiary/aromatic N) is 2. The molecule has 5 heteroatoms. The molecule has 0 atom stereocenters. The number of hydrogen-bond donors (Lipinski definition) is 1. The summed E-state index contributed by atoms with van der Waals surface area (Å²) in [6.07, 6.45) is 2.27. The van der Waals surface area contributed by atoms with E-state index in [2.05, 4.69) is 0 Å². The molecular weight excluding hydrogens is 244 g/mol. The van der Waals surface area contributed by atoms with E-state index in [4.69, 9.17) is 10.4 Å². The van der Waals surface area contributed by atoms with Gasteiger partial charge in [0.1, 0.15) is 0 Å². The zero-order valence-electron chi connectivity index (χ0n) is 10.4. The summed E-state index contributed by atoms with van der Waals surface area (Å²) in [5.41, 5.74) is 0.626. The van der Waals surface area contributed by atoms with Crippen LogP contribution in [0.3, 0.4) is 0 Å². The van der Waals surface area contributed by atoms with Crippen LogP contribution in [0.5, 0.6) is 0 Å². The molecular formula is C14H14N2O3. The maximum Gasteiger partial charge on any atom is 0.335 e. The van der Waals surface area contributed by atoms with Crippen LogP contribution in [0.4, 0.5) is 0 Å². The van der Waals surface area contributed by atoms with Gasteiger partial charge in [-0.1, -0.05) is 0 Å². The fourth-order valence-electron chi connectivity index (χ4n) is 1.93. The van der Waals surface area contributed by atoms with Crippen LogP contribution < -0.4 is 0 Å². The van der Waals surface area contributed by atoms with Crippen molar-refractivity contribution in [3.63, 3.8) is 0 Å². The largest absolute Gasteiger partial charge is 0.478 e. The van der Waals surface area contributed by atoms with E-state index in [-0.39, 0.29) is 17.5 Å². The normalized spacial score (nSPS) is 13.6. The molecule has 0 bridgehead atoms. The predicted molar refractivity (Wildman–Crippen MR) is 67.7 cm³/mol. The van der Waals surface area contributed by atoms with E-state index < -0.39 is 5.97 Å². The van der Waals surface area contributed by atoms with Gasteiger partial charge in [0.25, 0.3) is 5.91 Å². The van der Waals surface area contributed by atoms with Gasteiger partial charge in [-0.25, -0.2) is 4.79 Å². The number of carbonyl (C=O) groups excluding carboxylic acids is 1. The molecule has 1 N–H and O–H groups in total. The molecule has 1 fully saturated rings. The highest BCUT2D eigenvalue weighted by atomic mass is 16.4. The molecule has 1 aliphatic rings. The zero-order valence-corrected chi connectivity index (χ0v) is 10.4. The van der Waals surface area contributed by atoms with Crippen molar-refractivity contribution < 1.29 is 14.7 Å². The van der Waals surface area contributed by atoms with Crippen LogP contribution in [0.25, 0.3) is 0 Å². The Morgan fingerprint density at radius 2 is 1.84 bits per heavy atom. The second-order valence-electron chi connectivity index (χ2n) is 4.52. The van der Waals surface area contributed by atoms with Gasteiger partial charge in [0.05, 0.1) is 18.1 Å². The van der Waals surface area contributed by atoms with E-state index >= 15 is 0 Å². The minimum atomic E-state index is -1.01. The highest BCUT2D eigenvalue weighted by Gasteiger charge is 2.32. The monoisotopic (exact) mass is 258 g/mol. The van der Waals surface area contributed by atoms with Crippen LogP contribution in [0.1, 0.15) is 40.0 Å². The fraction of sp³-hybridized carbons (Fsp3) is 0.357. The SMILES string of the molecule is N#CCCN(C(=O)c1ccc(C(=O)O)cc1)C1CC1. The van der Waals surface area contributed by atoms with Gasteiger partial charge in [0, 0.05) is 18.2 Å². The van der Waals surface area contributed by atoms with Gasteiger partial charge in [0.15, 0.2) is 0 Å². The number of carboxylic acid groups (broad SMARTS) is 1. The number of amides is 1. The molecule has 0 radical (unpaired) electrons. The van der Waals surface area contributed by atoms with Crippen molar-refractivity contribution in [3.05, 3.63) is 35.4 Å². The average Bonchev–Trinajstić information content (AvgIpc) is 3.23. The predicted octanol–water partition coefficient (Wildman–Crippen LogP) is 1.90. The molecule has 1 aliphatic carbocycles. The van der Waals surface area contributed by atoms with Crippen LogP contribution in [-0.4, -0.2) is 34.5 Å². The number of benzene rings is 1. The van der Waals surface area contributed by atoms with Crippen molar-refractivity contribution in [2.45, 2.75) is 25.3 Å². The molecule has 5 nitrogen and oxygen atoms in total. The first kappa shape index (κ1) is 13.1. The molecule has 0 spiro atoms. The third-order valence-corrected chi connectivity index (χ3v) is 3.09. The Balaban J connectivity index is 2.12. The summed E-state index contributed by atoms with van der Waals surface area (Å²) in [6, 6.07) is 8.16. The number of nitriles is 1. The third-order valence-electron chi connectivity index (χ3n) is 3.09. The Hall–Kier alpha value is -2.35. The summed E-state index contributed by atoms with van der Waals surface area (Å²) >= 11 is 0. The number of rotatable bonds is 5. The van der Waals surface area contributed by atoms with E-state index in [0.717, 1.165) is 12.8 Å². The lowest BCUT2D eigenvalue weighted by molar-refractivity contribution is 0.0693. The van der Waals surface area contributed by atoms with Crippen LogP contribution >= 0.6 is 0 Å². The Morgan fingerprint density at radius 3 is 2.32 bits per heavy atom. The lowest BCUT2D eigenvalue weighted by atomic mass is 10.1. The summed E-state index contributed by atoms with van der Waals surface area (Å²) in [7, 11) is 0. The molecule has 0 saturated heterocycles. The first-order valence-corrected chi connectivity index (χ1v) is 6.14. The molecule has 1 aromatic carbocycles. The van der Waals surface area contributed by atoms with E-state index in [1.54, 1.807) is 4.90 Å². The Bertz CT molecular complexity index is 527. The summed E-state index contributed by atoms with van der Waals surface area (Å²) in [6.45, 7) is 0.431. The van der Waals surface area contributed by atoms with Gasteiger partial charge in [-0.15, -0.1) is 0 Å². The van der Waals surface area contributed by atoms with Crippen LogP contribution in [0.15, 0.2) is 24.3 Å². The second-order valence-corrected chi connectivity index (χ2v) is 4.52. The van der Waals surface area contributed by atoms with Crippen molar-refractivity contribution in [1.82, 2.24) is 4.90 Å². The van der Waals surface area contributed by atoms with Crippen LogP contribution in [-0.2, 0) is 0 Å². The highest BCUT2D eigenvalue weighted by Crippen LogP contribution is 2.28. The highest BCUT2D eigenvalue weighted by molar-refractivity contribution is 5.96. The average molecular weight is 258 g/mol. The first-order valence-electron chi connectivity index (χ1n) is 6.14. The molecule has 0 heterocycles. The Kier molecular flexibility index (Phi) is 3.81. The minimum absolute atomic E-state index is 0.130. The molecule has 1 aromatic rings. The second kappa shape index (κ2) is 5.53. The maximum absolute atomic E-state index is 12.3. The molecule has 19 heavy (non-hydrogen) atoms. The summed E-state index contributed by atoms with van der Waals surface area (Å²) in [5.74, 6) is -1.14. The van der Waals surface area contributed by atoms with Gasteiger partial charge in [-0.05, 0) is 37.1 Å². The third kappa shape index (κ3) is 3.10. The summed E-state index contributed by atoms with van der Waals surface area (Å²) in [4.78, 5) is 24.7. The van der Waals surface area contributed by atoms with Gasteiger partial charge in [-0.2, -0.15) is 5.26 Å². The quantitative estimate of drug-likeness (QED) is 0.874. The van der Waals surface area contributed by atoms with Crippen LogP contribution in [0.2, 0.25) is 0 Å². The standard InChI is InChI=1S/C14H14N2O3/c15-8-1-9-16(12-6-7-12)13(17)10-2-4-11(5-3-10)14(18)19/h2-5,12H,1,6-7,9H2,(H,18,19). The number of carboxylic acids is 1. The van der Waals surface area contributed by atoms with Gasteiger partial charge >= 0.3 is 5.97 Å². The van der Waals surface area contributed by atoms with E-state index in [0.29, 0.717) is 18.5 Å². The van der Waals surface area contributed by atoms with E-state index in [1.807, 2.05) is 6.07 Å². The molecule has 0 aliphatic heterocycles. The van der Waals surface area contributed by atoms with Gasteiger partial charge in [0.2, 0.25) is 0 Å². The lowest BCUT2D eigenvalue weighted by Crippen LogP contribution is -2.33. The smallest absolute Gasteiger partial charge is 0.335 e. The van der Waals surface area contributed by atoms with Gasteiger partial charge < -0.3 is 10.0 Å². The lowest BCUT2D eigenvalue weighted by Gasteiger charge is -2.21. The van der Waals surface area contributed by atoms with E-state index in [9.17, 15) is 9.59 Å². The summed E-state index contributed by atoms with van der Waals surface area (Å²) < 4.78 is 0. The van der Waals surface area contributed by atoms with E-state index in [1.165, 1.54) is 24.3 Å². The van der Waals surface area contributed by atoms with Crippen LogP contribution in [0, 0.1) is 11.3 Å². The topological polar surface area (TPSA) is 81.4 Å². The number of carbonyl (C=O) groups is 2. The molecule has 1 saturated carbocycles. The van der Waals surface area contributed by atoms with Crippen molar-refractivity contribution in [3.8, 4) is 6.07 Å². The maximum atomic E-state index is 12.3. The molecule has 0 unspecified atom stereocenters. The zero-order chi connectivity index (χ0) is 13.8. The summed E-state index contributed by atoms with van der Waals surface area (Å²) in [5, 5.41) is 17.4. The van der Waals surface area contributed by atoms with Crippen molar-refractivity contribution in [1.29, 1.82) is 5.26 Å².